The summed E-state index contributed by atoms with van der Waals surface area (Å²) in [6.07, 6.45) is 1.48. The molecular weight excluding hydrogens is 295 g/mol. The van der Waals surface area contributed by atoms with E-state index in [0.29, 0.717) is 0 Å². The van der Waals surface area contributed by atoms with Crippen molar-refractivity contribution in [3.05, 3.63) is 0 Å². The SMILES string of the molecule is CCC(O)(CC)C(C)=NC(C)C.[Pm]. The van der Waals surface area contributed by atoms with Crippen LogP contribution in [0, 0.1) is 40.4 Å². The summed E-state index contributed by atoms with van der Waals surface area (Å²) in [5.41, 5.74) is 0.187. The average Bonchev–Trinajstić information content (AvgIpc) is 2.02. The Morgan fingerprint density at radius 2 is 1.69 bits per heavy atom. The Labute approximate surface area is 114 Å². The maximum Gasteiger partial charge on any atom is 0.101 e. The molecule has 1 radical (unpaired) electrons. The van der Waals surface area contributed by atoms with E-state index in [1.807, 2.05) is 34.6 Å². The molecule has 0 rings (SSSR count). The van der Waals surface area contributed by atoms with Gasteiger partial charge in [0.05, 0.1) is 0 Å². The molecule has 2 nitrogen and oxygen atoms in total. The molecule has 0 aliphatic rings. The van der Waals surface area contributed by atoms with Crippen LogP contribution in [0.4, 0.5) is 0 Å². The van der Waals surface area contributed by atoms with Gasteiger partial charge in [-0.25, -0.2) is 0 Å². The second-order valence-corrected chi connectivity index (χ2v) is 3.55. The first-order valence-electron chi connectivity index (χ1n) is 4.73. The predicted octanol–water partition coefficient (Wildman–Crippen LogP) is 2.41. The zero-order chi connectivity index (χ0) is 9.78. The number of nitrogens with zero attached hydrogens (tertiary/aromatic N) is 1. The van der Waals surface area contributed by atoms with Crippen LogP contribution in [0.2, 0.25) is 0 Å². The van der Waals surface area contributed by atoms with Crippen molar-refractivity contribution in [3.8, 4) is 0 Å². The molecule has 0 atom stereocenters. The van der Waals surface area contributed by atoms with Gasteiger partial charge in [0.15, 0.2) is 0 Å². The Kier molecular flexibility index (Phi) is 9.19. The molecule has 13 heavy (non-hydrogen) atoms. The van der Waals surface area contributed by atoms with Crippen LogP contribution in [0.15, 0.2) is 4.99 Å². The van der Waals surface area contributed by atoms with Crippen LogP contribution >= 0.6 is 0 Å². The Balaban J connectivity index is 0. The molecule has 0 bridgehead atoms. The van der Waals surface area contributed by atoms with Crippen molar-refractivity contribution in [2.45, 2.75) is 59.1 Å². The Hall–Kier alpha value is 0.968. The van der Waals surface area contributed by atoms with Crippen molar-refractivity contribution < 1.29 is 45.5 Å². The van der Waals surface area contributed by atoms with Crippen molar-refractivity contribution in [2.75, 3.05) is 0 Å². The zero-order valence-corrected chi connectivity index (χ0v) is 12.2. The standard InChI is InChI=1S/C10H21NO.Pm/c1-6-10(12,7-2)9(5)11-8(3)4;/h8,12H,6-7H2,1-5H3;. The smallest absolute Gasteiger partial charge is 0.101 e. The van der Waals surface area contributed by atoms with E-state index < -0.39 is 5.60 Å². The maximum atomic E-state index is 10.0. The van der Waals surface area contributed by atoms with E-state index in [1.165, 1.54) is 0 Å². The molecule has 77 valence electrons. The number of aliphatic hydroxyl groups is 1. The van der Waals surface area contributed by atoms with Gasteiger partial charge in [0.25, 0.3) is 0 Å². The molecule has 0 saturated carbocycles. The molecule has 0 fully saturated rings. The molecule has 0 aliphatic heterocycles. The summed E-state index contributed by atoms with van der Waals surface area (Å²) in [4.78, 5) is 4.36. The van der Waals surface area contributed by atoms with E-state index in [4.69, 9.17) is 0 Å². The average molecular weight is 316 g/mol. The van der Waals surface area contributed by atoms with Gasteiger partial charge in [-0.3, -0.25) is 4.99 Å². The van der Waals surface area contributed by atoms with Crippen molar-refractivity contribution in [3.63, 3.8) is 0 Å². The first-order chi connectivity index (χ1) is 5.46. The summed E-state index contributed by atoms with van der Waals surface area (Å²) >= 11 is 0. The van der Waals surface area contributed by atoms with Crippen LogP contribution in [-0.4, -0.2) is 22.5 Å². The quantitative estimate of drug-likeness (QED) is 0.794. The minimum absolute atomic E-state index is 0. The van der Waals surface area contributed by atoms with Gasteiger partial charge in [-0.2, -0.15) is 0 Å². The second kappa shape index (κ2) is 7.28. The van der Waals surface area contributed by atoms with Gasteiger partial charge in [0.1, 0.15) is 5.60 Å². The monoisotopic (exact) mass is 316 g/mol. The number of aliphatic imine (C=N–C) groups is 1. The summed E-state index contributed by atoms with van der Waals surface area (Å²) in [7, 11) is 0. The van der Waals surface area contributed by atoms with Gasteiger partial charge in [-0.15, -0.1) is 0 Å². The fourth-order valence-corrected chi connectivity index (χ4v) is 1.27. The summed E-state index contributed by atoms with van der Waals surface area (Å²) in [6.45, 7) is 9.93. The molecule has 0 saturated heterocycles. The predicted molar refractivity (Wildman–Crippen MR) is 53.8 cm³/mol. The van der Waals surface area contributed by atoms with Crippen molar-refractivity contribution >= 4 is 5.71 Å². The van der Waals surface area contributed by atoms with Crippen LogP contribution in [0.3, 0.4) is 0 Å². The maximum absolute atomic E-state index is 10.0. The van der Waals surface area contributed by atoms with Crippen LogP contribution in [0.25, 0.3) is 0 Å². The second-order valence-electron chi connectivity index (χ2n) is 3.55. The largest absolute Gasteiger partial charge is 0.384 e. The van der Waals surface area contributed by atoms with E-state index in [0.717, 1.165) is 18.6 Å². The van der Waals surface area contributed by atoms with E-state index >= 15 is 0 Å². The summed E-state index contributed by atoms with van der Waals surface area (Å²) in [6, 6.07) is 0.273. The fraction of sp³-hybridized carbons (Fsp3) is 0.900. The molecule has 0 aromatic carbocycles. The Morgan fingerprint density at radius 3 is 1.92 bits per heavy atom. The molecular formula is C10H21NOPm. The number of rotatable bonds is 4. The molecule has 0 aromatic heterocycles. The summed E-state index contributed by atoms with van der Waals surface area (Å²) in [5, 5.41) is 10.0. The number of hydrogen-bond donors (Lipinski definition) is 1. The first kappa shape index (κ1) is 16.4. The summed E-state index contributed by atoms with van der Waals surface area (Å²) < 4.78 is 0. The van der Waals surface area contributed by atoms with E-state index in [-0.39, 0.29) is 46.4 Å². The third-order valence-electron chi connectivity index (χ3n) is 2.30. The number of hydrogen-bond acceptors (Lipinski definition) is 2. The molecule has 1 N–H and O–H groups in total. The Morgan fingerprint density at radius 1 is 1.31 bits per heavy atom. The van der Waals surface area contributed by atoms with E-state index in [2.05, 4.69) is 4.99 Å². The van der Waals surface area contributed by atoms with Gasteiger partial charge in [-0.05, 0) is 33.6 Å². The molecule has 0 amide bonds. The third kappa shape index (κ3) is 5.42. The van der Waals surface area contributed by atoms with Gasteiger partial charge in [0.2, 0.25) is 0 Å². The van der Waals surface area contributed by atoms with Crippen LogP contribution in [0.5, 0.6) is 0 Å². The van der Waals surface area contributed by atoms with Crippen LogP contribution < -0.4 is 0 Å². The van der Waals surface area contributed by atoms with Crippen LogP contribution in [0.1, 0.15) is 47.5 Å². The summed E-state index contributed by atoms with van der Waals surface area (Å²) in [5.74, 6) is 0. The minimum Gasteiger partial charge on any atom is -0.384 e. The van der Waals surface area contributed by atoms with Gasteiger partial charge >= 0.3 is 0 Å². The molecule has 0 spiro atoms. The Bertz CT molecular complexity index is 162. The molecule has 0 aliphatic carbocycles. The fourth-order valence-electron chi connectivity index (χ4n) is 1.27. The topological polar surface area (TPSA) is 32.6 Å². The molecule has 0 aromatic rings. The minimum atomic E-state index is -0.676. The first-order valence-corrected chi connectivity index (χ1v) is 4.73. The van der Waals surface area contributed by atoms with E-state index in [9.17, 15) is 5.11 Å². The van der Waals surface area contributed by atoms with E-state index in [1.54, 1.807) is 0 Å². The zero-order valence-electron chi connectivity index (χ0n) is 9.33. The molecule has 0 heterocycles. The van der Waals surface area contributed by atoms with Gasteiger partial charge in [-0.1, -0.05) is 13.8 Å². The normalized spacial score (nSPS) is 13.0. The van der Waals surface area contributed by atoms with Crippen molar-refractivity contribution in [1.29, 1.82) is 0 Å². The van der Waals surface area contributed by atoms with Gasteiger partial charge < -0.3 is 5.11 Å². The third-order valence-corrected chi connectivity index (χ3v) is 2.30. The van der Waals surface area contributed by atoms with Crippen molar-refractivity contribution in [1.82, 2.24) is 0 Å². The molecule has 0 unspecified atom stereocenters. The molecule has 3 heteroatoms. The van der Waals surface area contributed by atoms with Crippen LogP contribution in [-0.2, 0) is 0 Å². The van der Waals surface area contributed by atoms with Gasteiger partial charge in [0, 0.05) is 52.1 Å². The van der Waals surface area contributed by atoms with Crippen molar-refractivity contribution in [2.24, 2.45) is 4.99 Å².